The molecule has 14 aromatic rings. The van der Waals surface area contributed by atoms with Crippen LogP contribution in [0.5, 0.6) is 0 Å². The van der Waals surface area contributed by atoms with Crippen molar-refractivity contribution in [3.05, 3.63) is 253 Å². The highest BCUT2D eigenvalue weighted by atomic mass is 16.3. The van der Waals surface area contributed by atoms with Crippen LogP contribution < -0.4 is 0 Å². The Kier molecular flexibility index (Phi) is 7.97. The lowest BCUT2D eigenvalue weighted by molar-refractivity contribution is 0.618. The number of nitrogens with zero attached hydrogens (tertiary/aromatic N) is 6. The van der Waals surface area contributed by atoms with Crippen molar-refractivity contribution in [3.8, 4) is 68.1 Å². The fourth-order valence-electron chi connectivity index (χ4n) is 12.4. The molecule has 334 valence electrons. The molecule has 0 aliphatic heterocycles. The zero-order valence-corrected chi connectivity index (χ0v) is 38.5. The fourth-order valence-corrected chi connectivity index (χ4v) is 12.4. The summed E-state index contributed by atoms with van der Waals surface area (Å²) in [5.41, 5.74) is 18.7. The first kappa shape index (κ1) is 39.2. The van der Waals surface area contributed by atoms with E-state index in [-0.39, 0.29) is 0 Å². The molecule has 0 N–H and O–H groups in total. The van der Waals surface area contributed by atoms with Crippen LogP contribution in [0, 0.1) is 0 Å². The molecule has 2 aliphatic carbocycles. The molecule has 0 saturated heterocycles. The lowest BCUT2D eigenvalue weighted by Crippen LogP contribution is -2.25. The summed E-state index contributed by atoms with van der Waals surface area (Å²) in [6.45, 7) is 0. The Morgan fingerprint density at radius 1 is 0.347 bits per heavy atom. The molecule has 2 aliphatic rings. The van der Waals surface area contributed by atoms with Crippen molar-refractivity contribution < 1.29 is 4.42 Å². The van der Waals surface area contributed by atoms with Gasteiger partial charge in [-0.25, -0.2) is 9.97 Å². The molecule has 0 atom stereocenters. The molecule has 0 fully saturated rings. The Balaban J connectivity index is 0.968. The van der Waals surface area contributed by atoms with Gasteiger partial charge in [0.05, 0.1) is 33.2 Å². The first-order valence-electron chi connectivity index (χ1n) is 24.4. The first-order chi connectivity index (χ1) is 35.7. The molecular formula is C65H38N6O. The van der Waals surface area contributed by atoms with Gasteiger partial charge in [0.25, 0.3) is 0 Å². The maximum absolute atomic E-state index is 7.28. The average molecular weight is 919 g/mol. The third kappa shape index (κ3) is 5.18. The van der Waals surface area contributed by atoms with E-state index in [0.717, 1.165) is 77.1 Å². The number of hydrogen-bond donors (Lipinski definition) is 0. The molecule has 4 heterocycles. The highest BCUT2D eigenvalue weighted by molar-refractivity contribution is 6.24. The molecule has 1 spiro atoms. The lowest BCUT2D eigenvalue weighted by atomic mass is 9.70. The summed E-state index contributed by atoms with van der Waals surface area (Å²) in [5, 5.41) is 4.39. The van der Waals surface area contributed by atoms with Gasteiger partial charge in [-0.3, -0.25) is 4.57 Å². The van der Waals surface area contributed by atoms with E-state index in [1.807, 2.05) is 36.4 Å². The van der Waals surface area contributed by atoms with Crippen LogP contribution >= 0.6 is 0 Å². The van der Waals surface area contributed by atoms with Crippen molar-refractivity contribution in [1.29, 1.82) is 0 Å². The van der Waals surface area contributed by atoms with Crippen molar-refractivity contribution in [1.82, 2.24) is 29.1 Å². The molecule has 10 aromatic carbocycles. The number of benzene rings is 10. The van der Waals surface area contributed by atoms with E-state index in [1.54, 1.807) is 0 Å². The lowest BCUT2D eigenvalue weighted by Gasteiger charge is -2.30. The predicted octanol–water partition coefficient (Wildman–Crippen LogP) is 15.6. The van der Waals surface area contributed by atoms with E-state index in [4.69, 9.17) is 24.4 Å². The van der Waals surface area contributed by atoms with E-state index < -0.39 is 5.41 Å². The Morgan fingerprint density at radius 2 is 0.833 bits per heavy atom. The molecule has 7 heteroatoms. The van der Waals surface area contributed by atoms with Crippen LogP contribution in [0.3, 0.4) is 0 Å². The molecule has 7 nitrogen and oxygen atoms in total. The summed E-state index contributed by atoms with van der Waals surface area (Å²) in [5.74, 6) is 2.30. The summed E-state index contributed by atoms with van der Waals surface area (Å²) >= 11 is 0. The third-order valence-corrected chi connectivity index (χ3v) is 15.2. The van der Waals surface area contributed by atoms with Crippen molar-refractivity contribution in [3.63, 3.8) is 0 Å². The van der Waals surface area contributed by atoms with Crippen LogP contribution in [-0.2, 0) is 5.41 Å². The quantitative estimate of drug-likeness (QED) is 0.172. The molecule has 72 heavy (non-hydrogen) atoms. The minimum atomic E-state index is -0.485. The van der Waals surface area contributed by atoms with Crippen LogP contribution in [0.15, 0.2) is 235 Å². The topological polar surface area (TPSA) is 74.6 Å². The van der Waals surface area contributed by atoms with Gasteiger partial charge in [0.1, 0.15) is 5.52 Å². The summed E-state index contributed by atoms with van der Waals surface area (Å²) in [7, 11) is 0. The highest BCUT2D eigenvalue weighted by Crippen LogP contribution is 2.64. The van der Waals surface area contributed by atoms with Gasteiger partial charge in [0, 0.05) is 38.2 Å². The zero-order valence-electron chi connectivity index (χ0n) is 38.5. The summed E-state index contributed by atoms with van der Waals surface area (Å²) in [6.07, 6.45) is 0. The highest BCUT2D eigenvalue weighted by Gasteiger charge is 2.52. The molecular weight excluding hydrogens is 881 g/mol. The normalized spacial score (nSPS) is 13.1. The maximum Gasteiger partial charge on any atom is 0.238 e. The monoisotopic (exact) mass is 918 g/mol. The molecule has 0 amide bonds. The van der Waals surface area contributed by atoms with E-state index in [0.29, 0.717) is 29.1 Å². The van der Waals surface area contributed by atoms with Gasteiger partial charge in [-0.15, -0.1) is 0 Å². The van der Waals surface area contributed by atoms with E-state index in [1.165, 1.54) is 38.9 Å². The summed E-state index contributed by atoms with van der Waals surface area (Å²) < 4.78 is 11.9. The second kappa shape index (κ2) is 14.7. The standard InChI is InChI=1S/C65H38N6O/c1-3-19-39(20-4-1)61-67-62(40-21-5-2-6-22-40)69-64(68-61)71-55-35-16-11-26-44(55)46-38-37-45-43-25-10-15-34-54(43)70(58(45)59(46)71)56-36-18-33-53-60(56)72-63(66-53)48-28-17-32-52-57(48)47-27-9-14-31-51(47)65(52)49-29-12-7-23-41(49)42-24-8-13-30-50(42)65/h1-38H. The zero-order chi connectivity index (χ0) is 47.1. The van der Waals surface area contributed by atoms with E-state index in [2.05, 4.69) is 203 Å². The number of rotatable bonds is 5. The van der Waals surface area contributed by atoms with Crippen LogP contribution in [0.1, 0.15) is 22.3 Å². The third-order valence-electron chi connectivity index (χ3n) is 15.2. The van der Waals surface area contributed by atoms with E-state index >= 15 is 0 Å². The largest absolute Gasteiger partial charge is 0.434 e. The summed E-state index contributed by atoms with van der Waals surface area (Å²) in [6, 6.07) is 81.7. The number of aromatic nitrogens is 6. The van der Waals surface area contributed by atoms with Crippen molar-refractivity contribution in [2.75, 3.05) is 0 Å². The van der Waals surface area contributed by atoms with Gasteiger partial charge in [-0.1, -0.05) is 200 Å². The molecule has 4 aromatic heterocycles. The smallest absolute Gasteiger partial charge is 0.238 e. The first-order valence-corrected chi connectivity index (χ1v) is 24.4. The van der Waals surface area contributed by atoms with Gasteiger partial charge in [-0.2, -0.15) is 9.97 Å². The Bertz CT molecular complexity index is 4480. The second-order valence-electron chi connectivity index (χ2n) is 18.8. The van der Waals surface area contributed by atoms with Gasteiger partial charge >= 0.3 is 0 Å². The SMILES string of the molecule is c1ccc(-c2nc(-c3ccccc3)nc(-n3c4ccccc4c4ccc5c6ccccc6n(-c6cccc7nc(-c8cccc9c8-c8ccccc8C98c9ccccc9-c9ccccc98)oc67)c5c43)n2)cc1. The molecule has 0 unspecified atom stereocenters. The number of fused-ring (bicyclic) bond motifs is 18. The molecule has 0 saturated carbocycles. The van der Waals surface area contributed by atoms with Gasteiger partial charge < -0.3 is 8.98 Å². The molecule has 16 rings (SSSR count). The average Bonchev–Trinajstić information content (AvgIpc) is 4.27. The Morgan fingerprint density at radius 3 is 1.47 bits per heavy atom. The minimum absolute atomic E-state index is 0.485. The fraction of sp³-hybridized carbons (Fsp3) is 0.0154. The second-order valence-corrected chi connectivity index (χ2v) is 18.8. The Hall–Kier alpha value is -9.72. The number of hydrogen-bond acceptors (Lipinski definition) is 5. The number of para-hydroxylation sites is 3. The van der Waals surface area contributed by atoms with Gasteiger partial charge in [-0.05, 0) is 74.8 Å². The van der Waals surface area contributed by atoms with Crippen LogP contribution in [0.4, 0.5) is 0 Å². The number of oxazole rings is 1. The predicted molar refractivity (Wildman–Crippen MR) is 289 cm³/mol. The van der Waals surface area contributed by atoms with Gasteiger partial charge in [0.2, 0.25) is 11.8 Å². The Labute approximate surface area is 412 Å². The van der Waals surface area contributed by atoms with Crippen LogP contribution in [-0.4, -0.2) is 29.1 Å². The van der Waals surface area contributed by atoms with Crippen LogP contribution in [0.25, 0.3) is 123 Å². The van der Waals surface area contributed by atoms with Crippen LogP contribution in [0.2, 0.25) is 0 Å². The molecule has 0 radical (unpaired) electrons. The summed E-state index contributed by atoms with van der Waals surface area (Å²) in [4.78, 5) is 21.1. The minimum Gasteiger partial charge on any atom is -0.434 e. The van der Waals surface area contributed by atoms with Gasteiger partial charge in [0.15, 0.2) is 17.2 Å². The maximum atomic E-state index is 7.28. The van der Waals surface area contributed by atoms with Crippen molar-refractivity contribution in [2.24, 2.45) is 0 Å². The van der Waals surface area contributed by atoms with Crippen molar-refractivity contribution >= 4 is 54.7 Å². The van der Waals surface area contributed by atoms with E-state index in [9.17, 15) is 0 Å². The molecule has 0 bridgehead atoms. The van der Waals surface area contributed by atoms with Crippen molar-refractivity contribution in [2.45, 2.75) is 5.41 Å².